The minimum atomic E-state index is -0.320. The van der Waals surface area contributed by atoms with Crippen LogP contribution in [0, 0.1) is 23.7 Å². The van der Waals surface area contributed by atoms with Crippen LogP contribution in [0.1, 0.15) is 91.3 Å². The highest BCUT2D eigenvalue weighted by Gasteiger charge is 2.30. The molecule has 3 heterocycles. The van der Waals surface area contributed by atoms with Crippen molar-refractivity contribution in [3.63, 3.8) is 0 Å². The molecule has 8 heteroatoms. The number of benzene rings is 1. The second kappa shape index (κ2) is 11.3. The first-order chi connectivity index (χ1) is 18.1. The zero-order chi connectivity index (χ0) is 27.4. The average Bonchev–Trinajstić information content (AvgIpc) is 3.17. The van der Waals surface area contributed by atoms with Crippen molar-refractivity contribution in [1.82, 2.24) is 14.8 Å². The van der Waals surface area contributed by atoms with Crippen LogP contribution in [0.3, 0.4) is 0 Å². The topological polar surface area (TPSA) is 110 Å². The number of pyridine rings is 1. The largest absolute Gasteiger partial charge is 0.493 e. The first-order valence-electron chi connectivity index (χ1n) is 13.4. The number of aryl methyl sites for hydroxylation is 1. The summed E-state index contributed by atoms with van der Waals surface area (Å²) >= 11 is 0. The summed E-state index contributed by atoms with van der Waals surface area (Å²) in [4.78, 5) is 34.4. The molecule has 0 atom stereocenters. The number of hydrogen-bond donors (Lipinski definition) is 1. The third-order valence-electron chi connectivity index (χ3n) is 7.11. The van der Waals surface area contributed by atoms with Crippen LogP contribution in [0.25, 0.3) is 0 Å². The van der Waals surface area contributed by atoms with Crippen molar-refractivity contribution < 1.29 is 14.3 Å². The van der Waals surface area contributed by atoms with Gasteiger partial charge in [-0.25, -0.2) is 4.98 Å². The maximum Gasteiger partial charge on any atom is 0.222 e. The number of aromatic nitrogens is 1. The Labute approximate surface area is 225 Å². The number of unbranched alkanes of at least 4 members (excludes halogenated alkanes) is 1. The van der Waals surface area contributed by atoms with E-state index in [1.54, 1.807) is 4.90 Å². The van der Waals surface area contributed by atoms with Crippen LogP contribution in [-0.4, -0.2) is 52.0 Å². The number of piperidine rings is 1. The Morgan fingerprint density at radius 2 is 2.00 bits per heavy atom. The van der Waals surface area contributed by atoms with Crippen molar-refractivity contribution in [1.29, 1.82) is 10.7 Å². The van der Waals surface area contributed by atoms with E-state index in [1.807, 2.05) is 36.1 Å². The van der Waals surface area contributed by atoms with Gasteiger partial charge in [0.25, 0.3) is 0 Å². The molecule has 0 spiro atoms. The van der Waals surface area contributed by atoms with Gasteiger partial charge in [-0.1, -0.05) is 26.8 Å². The monoisotopic (exact) mass is 515 g/mol. The van der Waals surface area contributed by atoms with E-state index in [-0.39, 0.29) is 29.5 Å². The number of Topliss-reactive ketones (excluding diaryl/α,β-unsaturated/α-hetero) is 1. The van der Waals surface area contributed by atoms with E-state index in [2.05, 4.69) is 31.8 Å². The predicted molar refractivity (Wildman–Crippen MR) is 145 cm³/mol. The molecule has 2 aliphatic heterocycles. The number of nitrogens with one attached hydrogen (secondary N) is 1. The molecule has 200 valence electrons. The van der Waals surface area contributed by atoms with E-state index in [1.165, 1.54) is 0 Å². The van der Waals surface area contributed by atoms with Gasteiger partial charge in [-0.3, -0.25) is 15.0 Å². The van der Waals surface area contributed by atoms with Crippen LogP contribution in [0.15, 0.2) is 24.3 Å². The minimum absolute atomic E-state index is 0.0717. The molecule has 0 bridgehead atoms. The number of nitriles is 1. The van der Waals surface area contributed by atoms with Crippen LogP contribution in [0.4, 0.5) is 0 Å². The van der Waals surface area contributed by atoms with Gasteiger partial charge >= 0.3 is 0 Å². The number of fused-ring (bicyclic) bond motifs is 1. The van der Waals surface area contributed by atoms with E-state index in [0.717, 1.165) is 35.2 Å². The lowest BCUT2D eigenvalue weighted by Gasteiger charge is -2.30. The molecular formula is C30H37N5O3. The molecule has 2 aliphatic rings. The Morgan fingerprint density at radius 1 is 1.21 bits per heavy atom. The van der Waals surface area contributed by atoms with Crippen molar-refractivity contribution in [2.75, 3.05) is 19.7 Å². The van der Waals surface area contributed by atoms with Crippen molar-refractivity contribution in [3.8, 4) is 11.8 Å². The SMILES string of the molecule is Cc1ccc2c(n1)C(=N)N(CC(=O)c1cc(CN3CCCCC3=O)c(OCCCC#N)c(C(C)(C)C)c1)C2. The first kappa shape index (κ1) is 27.3. The van der Waals surface area contributed by atoms with Crippen molar-refractivity contribution in [2.45, 2.75) is 78.3 Å². The number of amidine groups is 1. The van der Waals surface area contributed by atoms with E-state index in [4.69, 9.17) is 15.4 Å². The summed E-state index contributed by atoms with van der Waals surface area (Å²) in [6, 6.07) is 9.81. The van der Waals surface area contributed by atoms with Gasteiger partial charge in [0.2, 0.25) is 5.91 Å². The molecule has 1 aromatic carbocycles. The number of likely N-dealkylation sites (tertiary alicyclic amines) is 1. The Balaban J connectivity index is 1.66. The van der Waals surface area contributed by atoms with Gasteiger partial charge < -0.3 is 14.5 Å². The first-order valence-corrected chi connectivity index (χ1v) is 13.4. The van der Waals surface area contributed by atoms with Crippen LogP contribution < -0.4 is 4.74 Å². The third kappa shape index (κ3) is 6.04. The molecule has 0 saturated carbocycles. The molecule has 1 fully saturated rings. The van der Waals surface area contributed by atoms with Gasteiger partial charge in [-0.15, -0.1) is 0 Å². The Morgan fingerprint density at radius 3 is 2.71 bits per heavy atom. The summed E-state index contributed by atoms with van der Waals surface area (Å²) in [7, 11) is 0. The number of hydrogen-bond acceptors (Lipinski definition) is 6. The number of nitrogens with zero attached hydrogens (tertiary/aromatic N) is 4. The molecule has 1 saturated heterocycles. The lowest BCUT2D eigenvalue weighted by Crippen LogP contribution is -2.35. The molecule has 8 nitrogen and oxygen atoms in total. The van der Waals surface area contributed by atoms with Gasteiger partial charge in [0.05, 0.1) is 19.2 Å². The number of carbonyl (C=O) groups is 2. The predicted octanol–water partition coefficient (Wildman–Crippen LogP) is 4.91. The van der Waals surface area contributed by atoms with Gasteiger partial charge in [-0.2, -0.15) is 5.26 Å². The standard InChI is InChI=1S/C30H37N5O3/c1-20-10-11-21-17-35(29(32)27(21)33-20)19-25(36)22-15-23(18-34-13-7-5-9-26(34)37)28(38-14-8-6-12-31)24(16-22)30(2,3)4/h10-11,15-16,32H,5-9,13-14,17-19H2,1-4H3. The molecule has 2 aromatic rings. The lowest BCUT2D eigenvalue weighted by molar-refractivity contribution is -0.133. The third-order valence-corrected chi connectivity index (χ3v) is 7.11. The lowest BCUT2D eigenvalue weighted by atomic mass is 9.83. The van der Waals surface area contributed by atoms with Crippen molar-refractivity contribution in [2.24, 2.45) is 0 Å². The summed E-state index contributed by atoms with van der Waals surface area (Å²) in [6.07, 6.45) is 3.40. The van der Waals surface area contributed by atoms with E-state index < -0.39 is 0 Å². The second-order valence-corrected chi connectivity index (χ2v) is 11.2. The molecule has 0 aliphatic carbocycles. The fraction of sp³-hybridized carbons (Fsp3) is 0.500. The second-order valence-electron chi connectivity index (χ2n) is 11.2. The van der Waals surface area contributed by atoms with E-state index >= 15 is 0 Å². The highest BCUT2D eigenvalue weighted by molar-refractivity contribution is 6.04. The van der Waals surface area contributed by atoms with Gasteiger partial charge in [0, 0.05) is 60.4 Å². The molecule has 0 unspecified atom stereocenters. The zero-order valence-electron chi connectivity index (χ0n) is 22.9. The minimum Gasteiger partial charge on any atom is -0.493 e. The Bertz CT molecular complexity index is 1290. The fourth-order valence-corrected chi connectivity index (χ4v) is 5.01. The van der Waals surface area contributed by atoms with Gasteiger partial charge in [0.1, 0.15) is 17.3 Å². The molecule has 1 amide bonds. The van der Waals surface area contributed by atoms with Crippen LogP contribution >= 0.6 is 0 Å². The molecule has 38 heavy (non-hydrogen) atoms. The van der Waals surface area contributed by atoms with Crippen LogP contribution in [-0.2, 0) is 23.3 Å². The van der Waals surface area contributed by atoms with Crippen molar-refractivity contribution in [3.05, 3.63) is 57.9 Å². The molecule has 0 radical (unpaired) electrons. The maximum absolute atomic E-state index is 13.6. The summed E-state index contributed by atoms with van der Waals surface area (Å²) in [5.41, 5.74) is 4.37. The van der Waals surface area contributed by atoms with Gasteiger partial charge in [0.15, 0.2) is 5.78 Å². The van der Waals surface area contributed by atoms with E-state index in [9.17, 15) is 9.59 Å². The van der Waals surface area contributed by atoms with Crippen molar-refractivity contribution >= 4 is 17.5 Å². The highest BCUT2D eigenvalue weighted by Crippen LogP contribution is 2.37. The van der Waals surface area contributed by atoms with Gasteiger partial charge in [-0.05, 0) is 49.8 Å². The summed E-state index contributed by atoms with van der Waals surface area (Å²) in [5, 5.41) is 17.5. The average molecular weight is 516 g/mol. The number of carbonyl (C=O) groups excluding carboxylic acids is 2. The zero-order valence-corrected chi connectivity index (χ0v) is 22.9. The quantitative estimate of drug-likeness (QED) is 0.375. The molecule has 1 N–H and O–H groups in total. The Kier molecular flexibility index (Phi) is 8.15. The molecule has 4 rings (SSSR count). The summed E-state index contributed by atoms with van der Waals surface area (Å²) < 4.78 is 6.26. The van der Waals surface area contributed by atoms with E-state index in [0.29, 0.717) is 62.5 Å². The molecule has 1 aromatic heterocycles. The Hall–Kier alpha value is -3.73. The normalized spacial score (nSPS) is 15.4. The number of ether oxygens (including phenoxy) is 1. The van der Waals surface area contributed by atoms with Crippen LogP contribution in [0.5, 0.6) is 5.75 Å². The molecular weight excluding hydrogens is 478 g/mol. The maximum atomic E-state index is 13.6. The number of amides is 1. The summed E-state index contributed by atoms with van der Waals surface area (Å²) in [6.45, 7) is 10.1. The highest BCUT2D eigenvalue weighted by atomic mass is 16.5. The van der Waals surface area contributed by atoms with Crippen LogP contribution in [0.2, 0.25) is 0 Å². The summed E-state index contributed by atoms with van der Waals surface area (Å²) in [5.74, 6) is 0.995. The fourth-order valence-electron chi connectivity index (χ4n) is 5.01. The number of rotatable bonds is 9. The number of ketones is 1. The smallest absolute Gasteiger partial charge is 0.222 e.